The summed E-state index contributed by atoms with van der Waals surface area (Å²) in [6.45, 7) is 0.443. The number of rotatable bonds is 7. The molecule has 31 heavy (non-hydrogen) atoms. The largest absolute Gasteiger partial charge is 0.488 e. The summed E-state index contributed by atoms with van der Waals surface area (Å²) in [6, 6.07) is 21.1. The predicted molar refractivity (Wildman–Crippen MR) is 116 cm³/mol. The van der Waals surface area contributed by atoms with Gasteiger partial charge in [0.1, 0.15) is 19.0 Å². The monoisotopic (exact) mass is 422 g/mol. The zero-order valence-corrected chi connectivity index (χ0v) is 17.4. The highest BCUT2D eigenvalue weighted by molar-refractivity contribution is 5.98. The first kappa shape index (κ1) is 21.3. The van der Waals surface area contributed by atoms with Crippen LogP contribution in [-0.4, -0.2) is 43.3 Å². The van der Waals surface area contributed by atoms with Gasteiger partial charge in [-0.25, -0.2) is 4.79 Å². The molecule has 0 saturated carbocycles. The summed E-state index contributed by atoms with van der Waals surface area (Å²) in [5.74, 6) is 0.158. The minimum Gasteiger partial charge on any atom is -0.488 e. The zero-order chi connectivity index (χ0) is 21.6. The molecule has 6 nitrogen and oxygen atoms in total. The molecule has 0 spiro atoms. The number of ether oxygens (including phenoxy) is 4. The fraction of sp³-hybridized carbons (Fsp3) is 0.320. The molecule has 3 atom stereocenters. The summed E-state index contributed by atoms with van der Waals surface area (Å²) < 4.78 is 22.4. The van der Waals surface area contributed by atoms with Crippen molar-refractivity contribution in [3.05, 3.63) is 77.9 Å². The summed E-state index contributed by atoms with van der Waals surface area (Å²) in [6.07, 6.45) is -0.636. The molecule has 0 amide bonds. The Hall–Kier alpha value is -2.93. The third-order valence-electron chi connectivity index (χ3n) is 5.30. The number of hydrogen-bond donors (Lipinski definition) is 1. The van der Waals surface area contributed by atoms with E-state index in [-0.39, 0.29) is 6.61 Å². The SMILES string of the molecule is COC1CC(O)CC(COC(=O)c2cc(OCc3ccccc3)c3ccccc3c2)O1. The molecule has 0 radical (unpaired) electrons. The van der Waals surface area contributed by atoms with Crippen LogP contribution in [0.5, 0.6) is 5.75 Å². The van der Waals surface area contributed by atoms with Gasteiger partial charge in [-0.1, -0.05) is 54.6 Å². The number of aliphatic hydroxyl groups excluding tert-OH is 1. The lowest BCUT2D eigenvalue weighted by atomic mass is 10.1. The lowest BCUT2D eigenvalue weighted by Crippen LogP contribution is -2.39. The first-order chi connectivity index (χ1) is 15.1. The highest BCUT2D eigenvalue weighted by atomic mass is 16.7. The lowest BCUT2D eigenvalue weighted by molar-refractivity contribution is -0.210. The van der Waals surface area contributed by atoms with E-state index in [0.29, 0.717) is 30.8 Å². The average molecular weight is 422 g/mol. The van der Waals surface area contributed by atoms with E-state index >= 15 is 0 Å². The van der Waals surface area contributed by atoms with Crippen molar-refractivity contribution in [1.29, 1.82) is 0 Å². The van der Waals surface area contributed by atoms with Crippen molar-refractivity contribution in [2.75, 3.05) is 13.7 Å². The summed E-state index contributed by atoms with van der Waals surface area (Å²) in [5.41, 5.74) is 1.45. The number of fused-ring (bicyclic) bond motifs is 1. The summed E-state index contributed by atoms with van der Waals surface area (Å²) >= 11 is 0. The molecule has 3 aromatic rings. The van der Waals surface area contributed by atoms with Crippen LogP contribution in [0.3, 0.4) is 0 Å². The Bertz CT molecular complexity index is 1020. The van der Waals surface area contributed by atoms with Crippen molar-refractivity contribution in [3.63, 3.8) is 0 Å². The number of aliphatic hydroxyl groups is 1. The number of carbonyl (C=O) groups is 1. The molecule has 1 aliphatic rings. The molecule has 162 valence electrons. The number of esters is 1. The van der Waals surface area contributed by atoms with Crippen molar-refractivity contribution in [2.45, 2.75) is 37.9 Å². The van der Waals surface area contributed by atoms with Gasteiger partial charge in [-0.3, -0.25) is 0 Å². The molecule has 3 aromatic carbocycles. The summed E-state index contributed by atoms with van der Waals surface area (Å²) in [4.78, 5) is 12.8. The smallest absolute Gasteiger partial charge is 0.338 e. The number of methoxy groups -OCH3 is 1. The first-order valence-corrected chi connectivity index (χ1v) is 10.4. The van der Waals surface area contributed by atoms with Crippen LogP contribution in [-0.2, 0) is 20.8 Å². The van der Waals surface area contributed by atoms with Crippen LogP contribution in [0.1, 0.15) is 28.8 Å². The Morgan fingerprint density at radius 2 is 1.84 bits per heavy atom. The Balaban J connectivity index is 1.48. The van der Waals surface area contributed by atoms with Gasteiger partial charge in [-0.05, 0) is 23.1 Å². The number of benzene rings is 3. The lowest BCUT2D eigenvalue weighted by Gasteiger charge is -2.31. The van der Waals surface area contributed by atoms with E-state index in [1.165, 1.54) is 7.11 Å². The molecular weight excluding hydrogens is 396 g/mol. The van der Waals surface area contributed by atoms with Gasteiger partial charge >= 0.3 is 5.97 Å². The van der Waals surface area contributed by atoms with Crippen LogP contribution < -0.4 is 4.74 Å². The van der Waals surface area contributed by atoms with E-state index in [4.69, 9.17) is 18.9 Å². The van der Waals surface area contributed by atoms with Crippen molar-refractivity contribution in [1.82, 2.24) is 0 Å². The Labute approximate surface area is 181 Å². The van der Waals surface area contributed by atoms with Gasteiger partial charge in [-0.15, -0.1) is 0 Å². The fourth-order valence-corrected chi connectivity index (χ4v) is 3.71. The van der Waals surface area contributed by atoms with E-state index in [0.717, 1.165) is 16.3 Å². The second-order valence-electron chi connectivity index (χ2n) is 7.62. The van der Waals surface area contributed by atoms with Crippen LogP contribution in [0.25, 0.3) is 10.8 Å². The molecule has 1 saturated heterocycles. The van der Waals surface area contributed by atoms with Crippen LogP contribution in [0.15, 0.2) is 66.7 Å². The summed E-state index contributed by atoms with van der Waals surface area (Å²) in [7, 11) is 1.53. The van der Waals surface area contributed by atoms with Gasteiger partial charge in [0.15, 0.2) is 6.29 Å². The van der Waals surface area contributed by atoms with Crippen LogP contribution >= 0.6 is 0 Å². The third kappa shape index (κ3) is 5.41. The zero-order valence-electron chi connectivity index (χ0n) is 17.4. The number of hydrogen-bond acceptors (Lipinski definition) is 6. The van der Waals surface area contributed by atoms with E-state index in [9.17, 15) is 9.90 Å². The van der Waals surface area contributed by atoms with Crippen molar-refractivity contribution in [2.24, 2.45) is 0 Å². The highest BCUT2D eigenvalue weighted by Crippen LogP contribution is 2.29. The normalized spacial score (nSPS) is 21.0. The molecular formula is C25H26O6. The molecule has 0 aliphatic carbocycles. The minimum atomic E-state index is -0.541. The quantitative estimate of drug-likeness (QED) is 0.578. The molecule has 6 heteroatoms. The minimum absolute atomic E-state index is 0.0444. The van der Waals surface area contributed by atoms with Crippen molar-refractivity contribution >= 4 is 16.7 Å². The molecule has 0 aromatic heterocycles. The second kappa shape index (κ2) is 9.92. The van der Waals surface area contributed by atoms with E-state index in [1.54, 1.807) is 12.1 Å². The average Bonchev–Trinajstić information content (AvgIpc) is 2.81. The van der Waals surface area contributed by atoms with Gasteiger partial charge in [0.05, 0.1) is 17.8 Å². The van der Waals surface area contributed by atoms with Crippen molar-refractivity contribution in [3.8, 4) is 5.75 Å². The predicted octanol–water partition coefficient (Wildman–Crippen LogP) is 4.09. The van der Waals surface area contributed by atoms with Gasteiger partial charge < -0.3 is 24.1 Å². The second-order valence-corrected chi connectivity index (χ2v) is 7.62. The third-order valence-corrected chi connectivity index (χ3v) is 5.30. The van der Waals surface area contributed by atoms with Crippen LogP contribution in [0.2, 0.25) is 0 Å². The Kier molecular flexibility index (Phi) is 6.82. The van der Waals surface area contributed by atoms with Gasteiger partial charge in [-0.2, -0.15) is 0 Å². The maximum atomic E-state index is 12.8. The van der Waals surface area contributed by atoms with Crippen LogP contribution in [0.4, 0.5) is 0 Å². The molecule has 1 N–H and O–H groups in total. The Morgan fingerprint density at radius 3 is 2.65 bits per heavy atom. The molecule has 4 rings (SSSR count). The van der Waals surface area contributed by atoms with E-state index in [2.05, 4.69) is 0 Å². The van der Waals surface area contributed by atoms with Crippen LogP contribution in [0, 0.1) is 0 Å². The first-order valence-electron chi connectivity index (χ1n) is 10.4. The standard InChI is InChI=1S/C25H26O6/c1-28-24-14-20(26)13-21(31-24)16-30-25(27)19-11-18-9-5-6-10-22(18)23(12-19)29-15-17-7-3-2-4-8-17/h2-12,20-21,24,26H,13-16H2,1H3. The molecule has 1 aliphatic heterocycles. The molecule has 1 fully saturated rings. The van der Waals surface area contributed by atoms with Gasteiger partial charge in [0, 0.05) is 25.3 Å². The molecule has 3 unspecified atom stereocenters. The maximum Gasteiger partial charge on any atom is 0.338 e. The van der Waals surface area contributed by atoms with Gasteiger partial charge in [0.2, 0.25) is 0 Å². The molecule has 1 heterocycles. The maximum absolute atomic E-state index is 12.8. The highest BCUT2D eigenvalue weighted by Gasteiger charge is 2.29. The Morgan fingerprint density at radius 1 is 1.06 bits per heavy atom. The topological polar surface area (TPSA) is 74.2 Å². The summed E-state index contributed by atoms with van der Waals surface area (Å²) in [5, 5.41) is 11.8. The van der Waals surface area contributed by atoms with Crippen molar-refractivity contribution < 1.29 is 28.8 Å². The van der Waals surface area contributed by atoms with E-state index < -0.39 is 24.5 Å². The molecule has 0 bridgehead atoms. The number of carbonyl (C=O) groups excluding carboxylic acids is 1. The fourth-order valence-electron chi connectivity index (χ4n) is 3.71. The van der Waals surface area contributed by atoms with Gasteiger partial charge in [0.25, 0.3) is 0 Å². The van der Waals surface area contributed by atoms with E-state index in [1.807, 2.05) is 54.6 Å².